The zero-order chi connectivity index (χ0) is 20.5. The number of carbonyl (C=O) groups excluding carboxylic acids is 1. The van der Waals surface area contributed by atoms with E-state index in [0.29, 0.717) is 28.1 Å². The number of hydrogen-bond acceptors (Lipinski definition) is 4. The smallest absolute Gasteiger partial charge is 0.241 e. The van der Waals surface area contributed by atoms with Gasteiger partial charge in [0.15, 0.2) is 0 Å². The first-order valence-electron chi connectivity index (χ1n) is 10.2. The number of amides is 1. The SMILES string of the molecule is O=C(NCCc1ccncc1)C(NCCC1CCNCC1)c1c(Cl)cccc1Cl. The molecule has 5 nitrogen and oxygen atoms in total. The van der Waals surface area contributed by atoms with Gasteiger partial charge >= 0.3 is 0 Å². The molecule has 1 saturated heterocycles. The van der Waals surface area contributed by atoms with E-state index in [0.717, 1.165) is 38.0 Å². The van der Waals surface area contributed by atoms with Crippen molar-refractivity contribution in [2.24, 2.45) is 5.92 Å². The first kappa shape index (κ1) is 22.0. The minimum Gasteiger partial charge on any atom is -0.354 e. The summed E-state index contributed by atoms with van der Waals surface area (Å²) in [5, 5.41) is 10.8. The molecule has 1 aromatic heterocycles. The predicted octanol–water partition coefficient (Wildman–Crippen LogP) is 3.77. The van der Waals surface area contributed by atoms with Gasteiger partial charge in [-0.1, -0.05) is 29.3 Å². The van der Waals surface area contributed by atoms with Crippen LogP contribution in [0.4, 0.5) is 0 Å². The van der Waals surface area contributed by atoms with Gasteiger partial charge in [0, 0.05) is 34.5 Å². The molecule has 1 atom stereocenters. The molecule has 1 fully saturated rings. The summed E-state index contributed by atoms with van der Waals surface area (Å²) in [4.78, 5) is 17.0. The lowest BCUT2D eigenvalue weighted by atomic mass is 9.94. The standard InChI is InChI=1S/C22H28Cl2N4O/c23-18-2-1-3-19(24)20(18)21(27-14-8-16-4-10-25-11-5-16)22(29)28-15-9-17-6-12-26-13-7-17/h1-3,6-7,12-13,16,21,25,27H,4-5,8-11,14-15H2,(H,28,29). The molecule has 0 aliphatic carbocycles. The molecule has 1 aromatic carbocycles. The Balaban J connectivity index is 1.62. The lowest BCUT2D eigenvalue weighted by Gasteiger charge is -2.25. The van der Waals surface area contributed by atoms with E-state index < -0.39 is 6.04 Å². The molecule has 156 valence electrons. The average molecular weight is 435 g/mol. The molecule has 2 heterocycles. The summed E-state index contributed by atoms with van der Waals surface area (Å²) >= 11 is 12.8. The number of nitrogens with one attached hydrogen (secondary N) is 3. The predicted molar refractivity (Wildman–Crippen MR) is 118 cm³/mol. The Morgan fingerprint density at radius 1 is 1.10 bits per heavy atom. The number of benzene rings is 1. The van der Waals surface area contributed by atoms with Crippen molar-refractivity contribution in [2.45, 2.75) is 31.7 Å². The number of nitrogens with zero attached hydrogens (tertiary/aromatic N) is 1. The van der Waals surface area contributed by atoms with Crippen LogP contribution in [0.2, 0.25) is 10.0 Å². The normalized spacial score (nSPS) is 15.8. The summed E-state index contributed by atoms with van der Waals surface area (Å²) in [5.74, 6) is 0.570. The highest BCUT2D eigenvalue weighted by molar-refractivity contribution is 6.36. The highest BCUT2D eigenvalue weighted by Crippen LogP contribution is 2.30. The molecule has 0 radical (unpaired) electrons. The second kappa shape index (κ2) is 11.5. The van der Waals surface area contributed by atoms with Crippen LogP contribution >= 0.6 is 23.2 Å². The van der Waals surface area contributed by atoms with Gasteiger partial charge in [0.1, 0.15) is 6.04 Å². The maximum Gasteiger partial charge on any atom is 0.241 e. The number of piperidine rings is 1. The number of aromatic nitrogens is 1. The maximum atomic E-state index is 13.0. The van der Waals surface area contributed by atoms with E-state index in [2.05, 4.69) is 20.9 Å². The number of halogens is 2. The van der Waals surface area contributed by atoms with Crippen molar-refractivity contribution in [3.05, 3.63) is 63.9 Å². The number of hydrogen-bond donors (Lipinski definition) is 3. The van der Waals surface area contributed by atoms with Crippen molar-refractivity contribution < 1.29 is 4.79 Å². The molecule has 0 spiro atoms. The molecule has 3 rings (SSSR count). The van der Waals surface area contributed by atoms with Crippen LogP contribution in [0, 0.1) is 5.92 Å². The Kier molecular flexibility index (Phi) is 8.74. The van der Waals surface area contributed by atoms with Crippen LogP contribution in [0.5, 0.6) is 0 Å². The Bertz CT molecular complexity index is 761. The Labute approximate surface area is 182 Å². The average Bonchev–Trinajstić information content (AvgIpc) is 2.74. The van der Waals surface area contributed by atoms with Gasteiger partial charge in [-0.15, -0.1) is 0 Å². The fourth-order valence-corrected chi connectivity index (χ4v) is 4.31. The van der Waals surface area contributed by atoms with Crippen LogP contribution in [0.15, 0.2) is 42.7 Å². The summed E-state index contributed by atoms with van der Waals surface area (Å²) in [6.45, 7) is 3.42. The van der Waals surface area contributed by atoms with Crippen LogP contribution in [0.25, 0.3) is 0 Å². The lowest BCUT2D eigenvalue weighted by Crippen LogP contribution is -2.40. The van der Waals surface area contributed by atoms with Crippen LogP contribution < -0.4 is 16.0 Å². The van der Waals surface area contributed by atoms with Crippen molar-refractivity contribution in [1.82, 2.24) is 20.9 Å². The molecule has 7 heteroatoms. The molecule has 1 aliphatic rings. The highest BCUT2D eigenvalue weighted by atomic mass is 35.5. The molecular weight excluding hydrogens is 407 g/mol. The summed E-state index contributed by atoms with van der Waals surface area (Å²) < 4.78 is 0. The van der Waals surface area contributed by atoms with Gasteiger partial charge in [-0.25, -0.2) is 0 Å². The van der Waals surface area contributed by atoms with E-state index in [1.54, 1.807) is 30.6 Å². The fraction of sp³-hybridized carbons (Fsp3) is 0.455. The zero-order valence-corrected chi connectivity index (χ0v) is 18.0. The van der Waals surface area contributed by atoms with Crippen molar-refractivity contribution in [1.29, 1.82) is 0 Å². The van der Waals surface area contributed by atoms with Gasteiger partial charge in [0.25, 0.3) is 0 Å². The molecule has 3 N–H and O–H groups in total. The Morgan fingerprint density at radius 2 is 1.79 bits per heavy atom. The first-order valence-corrected chi connectivity index (χ1v) is 11.0. The van der Waals surface area contributed by atoms with Crippen LogP contribution in [-0.2, 0) is 11.2 Å². The van der Waals surface area contributed by atoms with E-state index in [1.807, 2.05) is 12.1 Å². The quantitative estimate of drug-likeness (QED) is 0.561. The van der Waals surface area contributed by atoms with E-state index in [9.17, 15) is 4.79 Å². The van der Waals surface area contributed by atoms with Crippen molar-refractivity contribution in [3.8, 4) is 0 Å². The number of pyridine rings is 1. The van der Waals surface area contributed by atoms with E-state index in [1.165, 1.54) is 12.8 Å². The Hall–Kier alpha value is -1.66. The van der Waals surface area contributed by atoms with Gasteiger partial charge < -0.3 is 16.0 Å². The van der Waals surface area contributed by atoms with Crippen LogP contribution in [0.3, 0.4) is 0 Å². The third-order valence-corrected chi connectivity index (χ3v) is 6.03. The zero-order valence-electron chi connectivity index (χ0n) is 16.5. The minimum absolute atomic E-state index is 0.112. The van der Waals surface area contributed by atoms with E-state index >= 15 is 0 Å². The largest absolute Gasteiger partial charge is 0.354 e. The van der Waals surface area contributed by atoms with Gasteiger partial charge in [-0.2, -0.15) is 0 Å². The van der Waals surface area contributed by atoms with E-state index in [4.69, 9.17) is 23.2 Å². The van der Waals surface area contributed by atoms with Crippen LogP contribution in [0.1, 0.15) is 36.4 Å². The molecule has 1 amide bonds. The third-order valence-electron chi connectivity index (χ3n) is 5.37. The van der Waals surface area contributed by atoms with Crippen LogP contribution in [-0.4, -0.2) is 37.1 Å². The molecule has 29 heavy (non-hydrogen) atoms. The van der Waals surface area contributed by atoms with Gasteiger partial charge in [0.05, 0.1) is 0 Å². The molecule has 0 saturated carbocycles. The highest BCUT2D eigenvalue weighted by Gasteiger charge is 2.25. The number of carbonyl (C=O) groups is 1. The summed E-state index contributed by atoms with van der Waals surface area (Å²) in [7, 11) is 0. The summed E-state index contributed by atoms with van der Waals surface area (Å²) in [6.07, 6.45) is 7.64. The first-order chi connectivity index (χ1) is 14.1. The third kappa shape index (κ3) is 6.68. The van der Waals surface area contributed by atoms with Gasteiger partial charge in [-0.3, -0.25) is 9.78 Å². The second-order valence-corrected chi connectivity index (χ2v) is 8.22. The van der Waals surface area contributed by atoms with Crippen molar-refractivity contribution >= 4 is 29.1 Å². The van der Waals surface area contributed by atoms with E-state index in [-0.39, 0.29) is 5.91 Å². The van der Waals surface area contributed by atoms with Crippen molar-refractivity contribution in [2.75, 3.05) is 26.2 Å². The van der Waals surface area contributed by atoms with Gasteiger partial charge in [-0.05, 0) is 81.1 Å². The molecule has 2 aromatic rings. The molecule has 0 bridgehead atoms. The monoisotopic (exact) mass is 434 g/mol. The topological polar surface area (TPSA) is 66.0 Å². The summed E-state index contributed by atoms with van der Waals surface area (Å²) in [6, 6.07) is 8.66. The van der Waals surface area contributed by atoms with Gasteiger partial charge in [0.2, 0.25) is 5.91 Å². The Morgan fingerprint density at radius 3 is 2.48 bits per heavy atom. The molecule has 1 aliphatic heterocycles. The summed E-state index contributed by atoms with van der Waals surface area (Å²) in [5.41, 5.74) is 1.77. The van der Waals surface area contributed by atoms with Crippen molar-refractivity contribution in [3.63, 3.8) is 0 Å². The minimum atomic E-state index is -0.574. The second-order valence-electron chi connectivity index (χ2n) is 7.40. The maximum absolute atomic E-state index is 13.0. The fourth-order valence-electron chi connectivity index (χ4n) is 3.70. The molecular formula is C22H28Cl2N4O. The lowest BCUT2D eigenvalue weighted by molar-refractivity contribution is -0.123. The molecule has 1 unspecified atom stereocenters. The number of rotatable bonds is 9.